The van der Waals surface area contributed by atoms with Gasteiger partial charge in [0.15, 0.2) is 0 Å². The Hall–Kier alpha value is -2.34. The summed E-state index contributed by atoms with van der Waals surface area (Å²) in [5, 5.41) is 2.69. The molecule has 21 heavy (non-hydrogen) atoms. The van der Waals surface area contributed by atoms with Crippen LogP contribution in [0, 0.1) is 0 Å². The van der Waals surface area contributed by atoms with Gasteiger partial charge >= 0.3 is 0 Å². The molecule has 1 unspecified atom stereocenters. The third-order valence-electron chi connectivity index (χ3n) is 2.76. The van der Waals surface area contributed by atoms with Crippen molar-refractivity contribution in [2.45, 2.75) is 4.90 Å². The third kappa shape index (κ3) is 4.32. The molecule has 2 aromatic carbocycles. The summed E-state index contributed by atoms with van der Waals surface area (Å²) in [4.78, 5) is 12.5. The fourth-order valence-corrected chi connectivity index (χ4v) is 2.64. The van der Waals surface area contributed by atoms with Crippen LogP contribution in [-0.2, 0) is 15.6 Å². The van der Waals surface area contributed by atoms with Gasteiger partial charge in [-0.3, -0.25) is 9.00 Å². The van der Waals surface area contributed by atoms with Crippen LogP contribution in [0.15, 0.2) is 53.4 Å². The minimum Gasteiger partial charge on any atom is -0.497 e. The molecule has 0 bridgehead atoms. The van der Waals surface area contributed by atoms with Gasteiger partial charge in [0.05, 0.1) is 17.9 Å². The molecule has 0 radical (unpaired) electrons. The van der Waals surface area contributed by atoms with E-state index in [9.17, 15) is 9.00 Å². The van der Waals surface area contributed by atoms with Gasteiger partial charge in [-0.1, -0.05) is 6.07 Å². The van der Waals surface area contributed by atoms with Gasteiger partial charge in [-0.05, 0) is 36.4 Å². The molecule has 0 saturated carbocycles. The lowest BCUT2D eigenvalue weighted by atomic mass is 10.3. The molecule has 1 atom stereocenters. The van der Waals surface area contributed by atoms with E-state index < -0.39 is 10.8 Å². The summed E-state index contributed by atoms with van der Waals surface area (Å²) in [6.45, 7) is 0. The molecule has 6 heteroatoms. The van der Waals surface area contributed by atoms with Crippen LogP contribution in [-0.4, -0.2) is 23.0 Å². The second-order valence-corrected chi connectivity index (χ2v) is 5.79. The van der Waals surface area contributed by atoms with E-state index in [2.05, 4.69) is 5.32 Å². The number of nitrogens with two attached hydrogens (primary N) is 1. The third-order valence-corrected chi connectivity index (χ3v) is 4.08. The minimum absolute atomic E-state index is 0.110. The predicted molar refractivity (Wildman–Crippen MR) is 83.8 cm³/mol. The van der Waals surface area contributed by atoms with Gasteiger partial charge in [-0.15, -0.1) is 0 Å². The first-order valence-corrected chi connectivity index (χ1v) is 7.58. The Morgan fingerprint density at radius 3 is 2.62 bits per heavy atom. The maximum atomic E-state index is 12.1. The standard InChI is InChI=1S/C15H16N2O3S/c1-20-13-4-2-3-12(9-13)17-15(18)10-21(19)14-7-5-11(16)6-8-14/h2-9H,10,16H2,1H3,(H,17,18). The molecular formula is C15H16N2O3S. The summed E-state index contributed by atoms with van der Waals surface area (Å²) in [5.74, 6) is 0.215. The maximum Gasteiger partial charge on any atom is 0.237 e. The second kappa shape index (κ2) is 6.90. The smallest absolute Gasteiger partial charge is 0.237 e. The highest BCUT2D eigenvalue weighted by atomic mass is 32.2. The molecule has 0 aliphatic heterocycles. The number of rotatable bonds is 5. The van der Waals surface area contributed by atoms with Crippen molar-refractivity contribution in [2.75, 3.05) is 23.9 Å². The van der Waals surface area contributed by atoms with Crippen molar-refractivity contribution in [3.8, 4) is 5.75 Å². The Kier molecular flexibility index (Phi) is 4.94. The largest absolute Gasteiger partial charge is 0.497 e. The molecule has 1 amide bonds. The average Bonchev–Trinajstić information content (AvgIpc) is 2.47. The number of benzene rings is 2. The van der Waals surface area contributed by atoms with Crippen molar-refractivity contribution in [3.05, 3.63) is 48.5 Å². The van der Waals surface area contributed by atoms with Gasteiger partial charge in [-0.25, -0.2) is 0 Å². The average molecular weight is 304 g/mol. The molecule has 0 spiro atoms. The maximum absolute atomic E-state index is 12.1. The molecule has 2 rings (SSSR count). The van der Waals surface area contributed by atoms with Crippen LogP contribution in [0.1, 0.15) is 0 Å². The highest BCUT2D eigenvalue weighted by Crippen LogP contribution is 2.17. The van der Waals surface area contributed by atoms with Crippen LogP contribution in [0.25, 0.3) is 0 Å². The van der Waals surface area contributed by atoms with E-state index in [1.807, 2.05) is 0 Å². The number of carbonyl (C=O) groups is 1. The summed E-state index contributed by atoms with van der Waals surface area (Å²) in [6.07, 6.45) is 0. The van der Waals surface area contributed by atoms with Gasteiger partial charge in [0.25, 0.3) is 0 Å². The summed E-state index contributed by atoms with van der Waals surface area (Å²) in [7, 11) is 0.151. The number of hydrogen-bond donors (Lipinski definition) is 2. The summed E-state index contributed by atoms with van der Waals surface area (Å²) < 4.78 is 17.1. The summed E-state index contributed by atoms with van der Waals surface area (Å²) in [5.41, 5.74) is 6.77. The van der Waals surface area contributed by atoms with Crippen LogP contribution < -0.4 is 15.8 Å². The van der Waals surface area contributed by atoms with E-state index in [-0.39, 0.29) is 11.7 Å². The number of ether oxygens (including phenoxy) is 1. The first-order chi connectivity index (χ1) is 10.1. The van der Waals surface area contributed by atoms with Crippen molar-refractivity contribution in [1.82, 2.24) is 0 Å². The zero-order chi connectivity index (χ0) is 15.2. The Labute approximate surface area is 125 Å². The monoisotopic (exact) mass is 304 g/mol. The fraction of sp³-hybridized carbons (Fsp3) is 0.133. The zero-order valence-corrected chi connectivity index (χ0v) is 12.4. The highest BCUT2D eigenvalue weighted by Gasteiger charge is 2.10. The Morgan fingerprint density at radius 2 is 1.95 bits per heavy atom. The van der Waals surface area contributed by atoms with Crippen molar-refractivity contribution in [2.24, 2.45) is 0 Å². The fourth-order valence-electron chi connectivity index (χ4n) is 1.72. The lowest BCUT2D eigenvalue weighted by Crippen LogP contribution is -2.19. The predicted octanol–water partition coefficient (Wildman–Crippen LogP) is 2.02. The number of hydrogen-bond acceptors (Lipinski definition) is 4. The number of carbonyl (C=O) groups excluding carboxylic acids is 1. The SMILES string of the molecule is COc1cccc(NC(=O)CS(=O)c2ccc(N)cc2)c1. The number of anilines is 2. The van der Waals surface area contributed by atoms with Gasteiger partial charge in [0, 0.05) is 22.3 Å². The van der Waals surface area contributed by atoms with Crippen LogP contribution in [0.4, 0.5) is 11.4 Å². The number of methoxy groups -OCH3 is 1. The van der Waals surface area contributed by atoms with E-state index in [4.69, 9.17) is 10.5 Å². The Balaban J connectivity index is 1.97. The Bertz CT molecular complexity index is 656. The van der Waals surface area contributed by atoms with Crippen LogP contribution in [0.3, 0.4) is 0 Å². The van der Waals surface area contributed by atoms with Crippen LogP contribution in [0.2, 0.25) is 0 Å². The molecule has 0 aliphatic carbocycles. The summed E-state index contributed by atoms with van der Waals surface area (Å²) in [6, 6.07) is 13.6. The lowest BCUT2D eigenvalue weighted by Gasteiger charge is -2.07. The summed E-state index contributed by atoms with van der Waals surface area (Å²) >= 11 is 0. The molecule has 0 heterocycles. The zero-order valence-electron chi connectivity index (χ0n) is 11.5. The minimum atomic E-state index is -1.40. The van der Waals surface area contributed by atoms with Crippen molar-refractivity contribution >= 4 is 28.1 Å². The number of nitrogens with one attached hydrogen (secondary N) is 1. The number of amides is 1. The van der Waals surface area contributed by atoms with Gasteiger partial charge in [0.1, 0.15) is 11.5 Å². The molecule has 0 fully saturated rings. The van der Waals surface area contributed by atoms with E-state index >= 15 is 0 Å². The molecule has 2 aromatic rings. The molecule has 110 valence electrons. The first kappa shape index (κ1) is 15.1. The molecular weight excluding hydrogens is 288 g/mol. The topological polar surface area (TPSA) is 81.4 Å². The van der Waals surface area contributed by atoms with E-state index in [1.54, 1.807) is 55.6 Å². The van der Waals surface area contributed by atoms with Gasteiger partial charge in [-0.2, -0.15) is 0 Å². The van der Waals surface area contributed by atoms with Crippen molar-refractivity contribution in [3.63, 3.8) is 0 Å². The van der Waals surface area contributed by atoms with Gasteiger partial charge in [0.2, 0.25) is 5.91 Å². The van der Waals surface area contributed by atoms with Crippen LogP contribution >= 0.6 is 0 Å². The van der Waals surface area contributed by atoms with Crippen molar-refractivity contribution in [1.29, 1.82) is 0 Å². The van der Waals surface area contributed by atoms with E-state index in [0.29, 0.717) is 22.0 Å². The van der Waals surface area contributed by atoms with Gasteiger partial charge < -0.3 is 15.8 Å². The Morgan fingerprint density at radius 1 is 1.24 bits per heavy atom. The molecule has 0 aromatic heterocycles. The molecule has 0 saturated heterocycles. The molecule has 0 aliphatic rings. The van der Waals surface area contributed by atoms with Crippen LogP contribution in [0.5, 0.6) is 5.75 Å². The second-order valence-electron chi connectivity index (χ2n) is 4.34. The number of nitrogen functional groups attached to an aromatic ring is 1. The normalized spacial score (nSPS) is 11.7. The molecule has 3 N–H and O–H groups in total. The highest BCUT2D eigenvalue weighted by molar-refractivity contribution is 7.85. The quantitative estimate of drug-likeness (QED) is 0.828. The lowest BCUT2D eigenvalue weighted by molar-refractivity contribution is -0.113. The van der Waals surface area contributed by atoms with Crippen molar-refractivity contribution < 1.29 is 13.7 Å². The molecule has 5 nitrogen and oxygen atoms in total. The van der Waals surface area contributed by atoms with E-state index in [0.717, 1.165) is 0 Å². The first-order valence-electron chi connectivity index (χ1n) is 6.26. The van der Waals surface area contributed by atoms with E-state index in [1.165, 1.54) is 0 Å².